The van der Waals surface area contributed by atoms with Gasteiger partial charge >= 0.3 is 0 Å². The summed E-state index contributed by atoms with van der Waals surface area (Å²) < 4.78 is 13.7. The molecule has 0 aromatic heterocycles. The first-order valence-corrected chi connectivity index (χ1v) is 7.17. The fourth-order valence-electron chi connectivity index (χ4n) is 2.19. The summed E-state index contributed by atoms with van der Waals surface area (Å²) in [5.41, 5.74) is 0.690. The maximum absolute atomic E-state index is 6.17. The molecule has 0 bridgehead atoms. The first kappa shape index (κ1) is 13.6. The van der Waals surface area contributed by atoms with E-state index < -0.39 is 5.72 Å². The Balaban J connectivity index is 2.22. The van der Waals surface area contributed by atoms with E-state index in [1.165, 1.54) is 17.7 Å². The number of likely N-dealkylation sites (N-methyl/N-ethyl adjacent to an activating group) is 1. The molecule has 0 aromatic rings. The van der Waals surface area contributed by atoms with Gasteiger partial charge in [-0.25, -0.2) is 4.40 Å². The van der Waals surface area contributed by atoms with Gasteiger partial charge in [-0.05, 0) is 26.5 Å². The van der Waals surface area contributed by atoms with Crippen LogP contribution in [0.15, 0.2) is 27.9 Å². The van der Waals surface area contributed by atoms with Gasteiger partial charge in [0.15, 0.2) is 0 Å². The summed E-state index contributed by atoms with van der Waals surface area (Å²) in [6, 6.07) is 0. The summed E-state index contributed by atoms with van der Waals surface area (Å²) in [6.07, 6.45) is 8.12. The van der Waals surface area contributed by atoms with E-state index in [1.807, 2.05) is 19.2 Å². The molecular weight excluding hydrogens is 246 g/mol. The molecule has 1 atom stereocenters. The Morgan fingerprint density at radius 1 is 1.72 bits per heavy atom. The van der Waals surface area contributed by atoms with Gasteiger partial charge < -0.3 is 9.64 Å². The van der Waals surface area contributed by atoms with Crippen molar-refractivity contribution in [2.45, 2.75) is 32.4 Å². The van der Waals surface area contributed by atoms with E-state index in [9.17, 15) is 0 Å². The van der Waals surface area contributed by atoms with Crippen molar-refractivity contribution in [3.8, 4) is 0 Å². The van der Waals surface area contributed by atoms with Gasteiger partial charge in [-0.15, -0.1) is 0 Å². The van der Waals surface area contributed by atoms with Crippen molar-refractivity contribution < 1.29 is 4.74 Å². The van der Waals surface area contributed by atoms with E-state index in [-0.39, 0.29) is 0 Å². The minimum atomic E-state index is -0.558. The maximum Gasteiger partial charge on any atom is 0.231 e. The highest BCUT2D eigenvalue weighted by atomic mass is 32.2. The molecule has 0 spiro atoms. The van der Waals surface area contributed by atoms with Gasteiger partial charge in [-0.3, -0.25) is 0 Å². The van der Waals surface area contributed by atoms with Crippen molar-refractivity contribution in [2.75, 3.05) is 20.1 Å². The zero-order valence-electron chi connectivity index (χ0n) is 11.3. The second-order valence-corrected chi connectivity index (χ2v) is 5.23. The number of rotatable bonds is 4. The van der Waals surface area contributed by atoms with Crippen molar-refractivity contribution in [1.82, 2.24) is 9.62 Å². The first-order chi connectivity index (χ1) is 8.70. The van der Waals surface area contributed by atoms with Gasteiger partial charge in [0.25, 0.3) is 0 Å². The smallest absolute Gasteiger partial charge is 0.231 e. The number of nitrogens with zero attached hydrogens (tertiary/aromatic N) is 2. The van der Waals surface area contributed by atoms with Crippen molar-refractivity contribution >= 4 is 18.3 Å². The molecule has 2 heterocycles. The van der Waals surface area contributed by atoms with Crippen LogP contribution in [0.2, 0.25) is 0 Å². The molecule has 0 radical (unpaired) electrons. The Labute approximate surface area is 113 Å². The van der Waals surface area contributed by atoms with Crippen LogP contribution in [0.4, 0.5) is 0 Å². The molecule has 4 nitrogen and oxygen atoms in total. The van der Waals surface area contributed by atoms with E-state index in [4.69, 9.17) is 4.74 Å². The number of ether oxygens (including phenoxy) is 1. The van der Waals surface area contributed by atoms with Gasteiger partial charge in [-0.2, -0.15) is 4.72 Å². The number of nitrogens with one attached hydrogen (secondary N) is 1. The lowest BCUT2D eigenvalue weighted by atomic mass is 9.99. The number of hydrogen-bond acceptors (Lipinski definition) is 5. The number of allylic oxidation sites excluding steroid dienone is 2. The molecular formula is C13H21N3OS. The zero-order chi connectivity index (χ0) is 13.0. The molecule has 1 N–H and O–H groups in total. The standard InChI is InChI=1S/C13H21N3OS/c1-4-12(5-2)17-13(10-14-18-15-13)11-7-6-8-16(3)9-11/h4,7,10,15H,5-6,8-9H2,1-3H3. The van der Waals surface area contributed by atoms with Crippen LogP contribution in [0.1, 0.15) is 26.7 Å². The predicted molar refractivity (Wildman–Crippen MR) is 77.3 cm³/mol. The van der Waals surface area contributed by atoms with Crippen molar-refractivity contribution in [1.29, 1.82) is 0 Å². The normalized spacial score (nSPS) is 29.5. The molecule has 2 rings (SSSR count). The molecule has 1 unspecified atom stereocenters. The quantitative estimate of drug-likeness (QED) is 0.482. The Morgan fingerprint density at radius 2 is 2.56 bits per heavy atom. The second kappa shape index (κ2) is 5.91. The molecule has 0 aromatic carbocycles. The van der Waals surface area contributed by atoms with Crippen LogP contribution in [0, 0.1) is 0 Å². The molecule has 5 heteroatoms. The van der Waals surface area contributed by atoms with Crippen LogP contribution in [0.3, 0.4) is 0 Å². The summed E-state index contributed by atoms with van der Waals surface area (Å²) >= 11 is 1.35. The van der Waals surface area contributed by atoms with Gasteiger partial charge in [0.1, 0.15) is 0 Å². The Kier molecular flexibility index (Phi) is 4.48. The average Bonchev–Trinajstić information content (AvgIpc) is 2.86. The van der Waals surface area contributed by atoms with E-state index >= 15 is 0 Å². The molecule has 0 saturated carbocycles. The Morgan fingerprint density at radius 3 is 3.11 bits per heavy atom. The maximum atomic E-state index is 6.17. The Bertz CT molecular complexity index is 392. The predicted octanol–water partition coefficient (Wildman–Crippen LogP) is 2.51. The van der Waals surface area contributed by atoms with E-state index in [0.29, 0.717) is 0 Å². The van der Waals surface area contributed by atoms with Gasteiger partial charge in [0.2, 0.25) is 5.72 Å². The third-order valence-electron chi connectivity index (χ3n) is 3.27. The van der Waals surface area contributed by atoms with Crippen LogP contribution in [-0.2, 0) is 4.74 Å². The summed E-state index contributed by atoms with van der Waals surface area (Å²) in [5, 5.41) is 0. The number of hydrogen-bond donors (Lipinski definition) is 1. The summed E-state index contributed by atoms with van der Waals surface area (Å²) in [4.78, 5) is 2.31. The fourth-order valence-corrected chi connectivity index (χ4v) is 2.80. The molecule has 2 aliphatic rings. The van der Waals surface area contributed by atoms with Crippen LogP contribution < -0.4 is 4.72 Å². The lowest BCUT2D eigenvalue weighted by molar-refractivity contribution is 0.0797. The third-order valence-corrected chi connectivity index (χ3v) is 3.87. The van der Waals surface area contributed by atoms with Gasteiger partial charge in [-0.1, -0.05) is 13.0 Å². The SMILES string of the molecule is CC=C(CC)OC1(C2=CCCN(C)C2)C=NSN1. The summed E-state index contributed by atoms with van der Waals surface area (Å²) in [5.74, 6) is 0.991. The van der Waals surface area contributed by atoms with Crippen LogP contribution in [0.5, 0.6) is 0 Å². The molecule has 100 valence electrons. The highest BCUT2D eigenvalue weighted by Crippen LogP contribution is 2.31. The van der Waals surface area contributed by atoms with Crippen LogP contribution in [0.25, 0.3) is 0 Å². The minimum Gasteiger partial charge on any atom is -0.467 e. The molecule has 0 aliphatic carbocycles. The fraction of sp³-hybridized carbons (Fsp3) is 0.615. The van der Waals surface area contributed by atoms with Crippen molar-refractivity contribution in [3.63, 3.8) is 0 Å². The van der Waals surface area contributed by atoms with E-state index in [0.717, 1.165) is 31.7 Å². The first-order valence-electron chi connectivity index (χ1n) is 6.40. The molecule has 0 amide bonds. The zero-order valence-corrected chi connectivity index (χ0v) is 12.1. The largest absolute Gasteiger partial charge is 0.467 e. The van der Waals surface area contributed by atoms with E-state index in [2.05, 4.69) is 34.1 Å². The molecule has 2 aliphatic heterocycles. The highest BCUT2D eigenvalue weighted by Gasteiger charge is 2.39. The lowest BCUT2D eigenvalue weighted by Gasteiger charge is -2.35. The average molecular weight is 267 g/mol. The van der Waals surface area contributed by atoms with Crippen molar-refractivity contribution in [3.05, 3.63) is 23.5 Å². The van der Waals surface area contributed by atoms with E-state index in [1.54, 1.807) is 0 Å². The second-order valence-electron chi connectivity index (χ2n) is 4.63. The highest BCUT2D eigenvalue weighted by molar-refractivity contribution is 7.96. The molecule has 0 fully saturated rings. The summed E-state index contributed by atoms with van der Waals surface area (Å²) in [6.45, 7) is 6.13. The van der Waals surface area contributed by atoms with Gasteiger partial charge in [0.05, 0.1) is 24.1 Å². The Hall–Kier alpha value is -0.780. The minimum absolute atomic E-state index is 0.558. The van der Waals surface area contributed by atoms with Crippen LogP contribution in [-0.4, -0.2) is 37.0 Å². The lowest BCUT2D eigenvalue weighted by Crippen LogP contribution is -2.48. The van der Waals surface area contributed by atoms with Crippen LogP contribution >= 0.6 is 12.1 Å². The monoisotopic (exact) mass is 267 g/mol. The third kappa shape index (κ3) is 2.79. The molecule has 18 heavy (non-hydrogen) atoms. The topological polar surface area (TPSA) is 36.9 Å². The summed E-state index contributed by atoms with van der Waals surface area (Å²) in [7, 11) is 2.14. The van der Waals surface area contributed by atoms with Crippen molar-refractivity contribution in [2.24, 2.45) is 4.40 Å². The molecule has 0 saturated heterocycles. The van der Waals surface area contributed by atoms with Gasteiger partial charge in [0, 0.05) is 25.1 Å².